The van der Waals surface area contributed by atoms with Crippen molar-refractivity contribution in [3.63, 3.8) is 0 Å². The van der Waals surface area contributed by atoms with Gasteiger partial charge in [0.1, 0.15) is 0 Å². The summed E-state index contributed by atoms with van der Waals surface area (Å²) in [6.45, 7) is 1.08. The highest BCUT2D eigenvalue weighted by molar-refractivity contribution is 7.89. The van der Waals surface area contributed by atoms with E-state index >= 15 is 0 Å². The molecule has 0 unspecified atom stereocenters. The van der Waals surface area contributed by atoms with Crippen LogP contribution in [-0.2, 0) is 21.0 Å². The van der Waals surface area contributed by atoms with Crippen LogP contribution in [0.1, 0.15) is 12.5 Å². The molecule has 0 aliphatic rings. The van der Waals surface area contributed by atoms with Crippen LogP contribution in [0.15, 0.2) is 29.2 Å². The number of hydrogen-bond donors (Lipinski definition) is 2. The molecule has 2 N–H and O–H groups in total. The van der Waals surface area contributed by atoms with E-state index in [0.29, 0.717) is 12.1 Å². The van der Waals surface area contributed by atoms with Gasteiger partial charge >= 0.3 is 6.18 Å². The number of carbonyl (C=O) groups excluding carboxylic acids is 1. The summed E-state index contributed by atoms with van der Waals surface area (Å²) < 4.78 is 59.7. The van der Waals surface area contributed by atoms with Crippen molar-refractivity contribution in [2.45, 2.75) is 18.0 Å². The van der Waals surface area contributed by atoms with E-state index < -0.39 is 27.7 Å². The third kappa shape index (κ3) is 3.70. The summed E-state index contributed by atoms with van der Waals surface area (Å²) in [5.41, 5.74) is 0.873. The fourth-order valence-electron chi connectivity index (χ4n) is 1.02. The minimum atomic E-state index is -4.53. The number of amides is 1. The third-order valence-electron chi connectivity index (χ3n) is 1.85. The molecule has 0 spiro atoms. The highest BCUT2D eigenvalue weighted by atomic mass is 32.2. The second kappa shape index (κ2) is 4.94. The maximum atomic E-state index is 12.2. The van der Waals surface area contributed by atoms with Crippen molar-refractivity contribution in [1.82, 2.24) is 10.3 Å². The van der Waals surface area contributed by atoms with Crippen molar-refractivity contribution in [3.8, 4) is 0 Å². The average Bonchev–Trinajstić information content (AvgIpc) is 2.26. The second-order valence-electron chi connectivity index (χ2n) is 3.31. The molecule has 0 aliphatic heterocycles. The lowest BCUT2D eigenvalue weighted by atomic mass is 10.2. The maximum Gasteiger partial charge on any atom is 0.416 e. The molecule has 9 heteroatoms. The van der Waals surface area contributed by atoms with Crippen molar-refractivity contribution in [3.05, 3.63) is 29.8 Å². The molecule has 5 nitrogen and oxygen atoms in total. The molecule has 0 bridgehead atoms. The van der Waals surface area contributed by atoms with Crippen LogP contribution in [0, 0.1) is 0 Å². The van der Waals surface area contributed by atoms with Crippen LogP contribution in [0.3, 0.4) is 0 Å². The fraction of sp³-hybridized carbons (Fsp3) is 0.222. The standard InChI is InChI=1S/C9H9F3N2O3S/c1-6(15)13-14-18(16,17)8-4-2-7(3-5-8)9(10,11)12/h2-5,14H,1H3,(H,13,15). The number of rotatable bonds is 3. The number of sulfonamides is 1. The van der Waals surface area contributed by atoms with Gasteiger partial charge < -0.3 is 0 Å². The van der Waals surface area contributed by atoms with Crippen LogP contribution in [0.25, 0.3) is 0 Å². The van der Waals surface area contributed by atoms with Crippen LogP contribution in [0.4, 0.5) is 13.2 Å². The van der Waals surface area contributed by atoms with Crippen molar-refractivity contribution < 1.29 is 26.4 Å². The largest absolute Gasteiger partial charge is 0.416 e. The van der Waals surface area contributed by atoms with Crippen LogP contribution in [-0.4, -0.2) is 14.3 Å². The smallest absolute Gasteiger partial charge is 0.278 e. The molecule has 0 radical (unpaired) electrons. The molecule has 1 aromatic carbocycles. The summed E-state index contributed by atoms with van der Waals surface area (Å²) in [6, 6.07) is 2.88. The van der Waals surface area contributed by atoms with Gasteiger partial charge in [0.25, 0.3) is 10.0 Å². The average molecular weight is 282 g/mol. The lowest BCUT2D eigenvalue weighted by molar-refractivity contribution is -0.137. The normalized spacial score (nSPS) is 12.2. The number of carbonyl (C=O) groups is 1. The van der Waals surface area contributed by atoms with Crippen molar-refractivity contribution >= 4 is 15.9 Å². The van der Waals surface area contributed by atoms with Gasteiger partial charge in [-0.15, -0.1) is 4.83 Å². The zero-order valence-corrected chi connectivity index (χ0v) is 9.89. The van der Waals surface area contributed by atoms with Gasteiger partial charge in [0, 0.05) is 6.92 Å². The number of halogens is 3. The predicted molar refractivity (Wildman–Crippen MR) is 55.6 cm³/mol. The van der Waals surface area contributed by atoms with E-state index in [1.807, 2.05) is 5.43 Å². The lowest BCUT2D eigenvalue weighted by Crippen LogP contribution is -2.40. The predicted octanol–water partition coefficient (Wildman–Crippen LogP) is 1.03. The molecule has 0 heterocycles. The second-order valence-corrected chi connectivity index (χ2v) is 4.99. The molecule has 1 aromatic rings. The Balaban J connectivity index is 2.95. The Morgan fingerprint density at radius 2 is 1.67 bits per heavy atom. The molecule has 0 aliphatic carbocycles. The highest BCUT2D eigenvalue weighted by Gasteiger charge is 2.30. The summed E-state index contributed by atoms with van der Waals surface area (Å²) in [6.07, 6.45) is -4.53. The summed E-state index contributed by atoms with van der Waals surface area (Å²) in [4.78, 5) is 11.9. The van der Waals surface area contributed by atoms with Crippen molar-refractivity contribution in [1.29, 1.82) is 0 Å². The maximum absolute atomic E-state index is 12.2. The van der Waals surface area contributed by atoms with Gasteiger partial charge in [-0.1, -0.05) is 0 Å². The molecule has 0 saturated heterocycles. The molecular formula is C9H9F3N2O3S. The van der Waals surface area contributed by atoms with Gasteiger partial charge in [-0.05, 0) is 24.3 Å². The zero-order valence-electron chi connectivity index (χ0n) is 9.08. The lowest BCUT2D eigenvalue weighted by Gasteiger charge is -2.09. The van der Waals surface area contributed by atoms with Crippen LogP contribution in [0.5, 0.6) is 0 Å². The molecule has 0 saturated carbocycles. The van der Waals surface area contributed by atoms with Crippen LogP contribution in [0.2, 0.25) is 0 Å². The molecule has 1 rings (SSSR count). The minimum absolute atomic E-state index is 0.385. The first-order chi connectivity index (χ1) is 8.13. The molecule has 100 valence electrons. The Kier molecular flexibility index (Phi) is 3.97. The van der Waals surface area contributed by atoms with E-state index in [2.05, 4.69) is 0 Å². The first-order valence-corrected chi connectivity index (χ1v) is 6.07. The number of nitrogens with one attached hydrogen (secondary N) is 2. The van der Waals surface area contributed by atoms with Crippen molar-refractivity contribution in [2.75, 3.05) is 0 Å². The topological polar surface area (TPSA) is 75.3 Å². The Hall–Kier alpha value is -1.61. The first kappa shape index (κ1) is 14.5. The minimum Gasteiger partial charge on any atom is -0.278 e. The van der Waals surface area contributed by atoms with Crippen LogP contribution >= 0.6 is 0 Å². The Morgan fingerprint density at radius 1 is 1.17 bits per heavy atom. The number of hydrazine groups is 1. The number of hydrogen-bond acceptors (Lipinski definition) is 3. The molecule has 0 atom stereocenters. The first-order valence-electron chi connectivity index (χ1n) is 4.58. The van der Waals surface area contributed by atoms with Crippen LogP contribution < -0.4 is 10.3 Å². The van der Waals surface area contributed by atoms with Gasteiger partial charge in [-0.3, -0.25) is 10.2 Å². The molecular weight excluding hydrogens is 273 g/mol. The monoisotopic (exact) mass is 282 g/mol. The Labute approximate surface area is 101 Å². The van der Waals surface area contributed by atoms with Gasteiger partial charge in [-0.25, -0.2) is 8.42 Å². The van der Waals surface area contributed by atoms with Gasteiger partial charge in [0.05, 0.1) is 10.5 Å². The van der Waals surface area contributed by atoms with E-state index in [0.717, 1.165) is 19.1 Å². The highest BCUT2D eigenvalue weighted by Crippen LogP contribution is 2.29. The van der Waals surface area contributed by atoms with Gasteiger partial charge in [0.15, 0.2) is 0 Å². The number of benzene rings is 1. The van der Waals surface area contributed by atoms with E-state index in [1.165, 1.54) is 0 Å². The Morgan fingerprint density at radius 3 is 2.06 bits per heavy atom. The fourth-order valence-corrected chi connectivity index (χ4v) is 1.91. The van der Waals surface area contributed by atoms with Crippen molar-refractivity contribution in [2.24, 2.45) is 0 Å². The van der Waals surface area contributed by atoms with E-state index in [4.69, 9.17) is 0 Å². The number of alkyl halides is 3. The summed E-state index contributed by atoms with van der Waals surface area (Å²) in [5, 5.41) is 0. The Bertz CT molecular complexity index is 537. The summed E-state index contributed by atoms with van der Waals surface area (Å²) in [5.74, 6) is -0.648. The SMILES string of the molecule is CC(=O)NNS(=O)(=O)c1ccc(C(F)(F)F)cc1. The zero-order chi connectivity index (χ0) is 14.0. The summed E-state index contributed by atoms with van der Waals surface area (Å²) >= 11 is 0. The van der Waals surface area contributed by atoms with Gasteiger partial charge in [-0.2, -0.15) is 13.2 Å². The van der Waals surface area contributed by atoms with E-state index in [-0.39, 0.29) is 4.90 Å². The molecule has 18 heavy (non-hydrogen) atoms. The van der Waals surface area contributed by atoms with Gasteiger partial charge in [0.2, 0.25) is 5.91 Å². The van der Waals surface area contributed by atoms with E-state index in [1.54, 1.807) is 4.83 Å². The third-order valence-corrected chi connectivity index (χ3v) is 3.12. The molecule has 1 amide bonds. The molecule has 0 fully saturated rings. The quantitative estimate of drug-likeness (QED) is 0.813. The molecule has 0 aromatic heterocycles. The summed E-state index contributed by atoms with van der Waals surface area (Å²) in [7, 11) is -4.07. The van der Waals surface area contributed by atoms with E-state index in [9.17, 15) is 26.4 Å².